The molecule has 2 unspecified atom stereocenters. The summed E-state index contributed by atoms with van der Waals surface area (Å²) in [5, 5.41) is 1.40. The van der Waals surface area contributed by atoms with Gasteiger partial charge in [-0.15, -0.1) is 0 Å². The zero-order valence-electron chi connectivity index (χ0n) is 15.7. The maximum Gasteiger partial charge on any atom is 0.251 e. The first-order valence-electron chi connectivity index (χ1n) is 9.76. The molecule has 0 spiro atoms. The number of anilines is 1. The summed E-state index contributed by atoms with van der Waals surface area (Å²) in [7, 11) is 0. The zero-order valence-corrected chi connectivity index (χ0v) is 18.9. The minimum absolute atomic E-state index is 0.129. The van der Waals surface area contributed by atoms with Gasteiger partial charge in [0.05, 0.1) is 26.2 Å². The Morgan fingerprint density at radius 1 is 0.667 bits per heavy atom. The van der Waals surface area contributed by atoms with Crippen LogP contribution in [0.4, 0.5) is 5.69 Å². The molecule has 1 N–H and O–H groups in total. The van der Waals surface area contributed by atoms with Gasteiger partial charge in [-0.05, 0) is 34.4 Å². The van der Waals surface area contributed by atoms with Crippen molar-refractivity contribution in [2.75, 3.05) is 5.01 Å². The lowest BCUT2D eigenvalue weighted by Gasteiger charge is -2.60. The van der Waals surface area contributed by atoms with Gasteiger partial charge in [-0.3, -0.25) is 15.0 Å². The molecule has 4 nitrogen and oxygen atoms in total. The third kappa shape index (κ3) is 2.01. The van der Waals surface area contributed by atoms with E-state index in [2.05, 4.69) is 49.4 Å². The molecule has 30 heavy (non-hydrogen) atoms. The van der Waals surface area contributed by atoms with Crippen molar-refractivity contribution < 1.29 is 9.59 Å². The van der Waals surface area contributed by atoms with E-state index in [0.717, 1.165) is 22.3 Å². The van der Waals surface area contributed by atoms with Crippen molar-refractivity contribution in [1.29, 1.82) is 0 Å². The van der Waals surface area contributed by atoms with Gasteiger partial charge in [-0.2, -0.15) is 0 Å². The summed E-state index contributed by atoms with van der Waals surface area (Å²) in [5.41, 5.74) is 7.62. The van der Waals surface area contributed by atoms with Crippen molar-refractivity contribution in [3.8, 4) is 0 Å². The lowest BCUT2D eigenvalue weighted by atomic mass is 9.53. The Labute approximate surface area is 190 Å². The van der Waals surface area contributed by atoms with Crippen molar-refractivity contribution in [3.63, 3.8) is 0 Å². The summed E-state index contributed by atoms with van der Waals surface area (Å²) in [4.78, 5) is 27.5. The monoisotopic (exact) mass is 522 g/mol. The van der Waals surface area contributed by atoms with Crippen molar-refractivity contribution in [1.82, 2.24) is 5.43 Å². The smallest absolute Gasteiger partial charge is 0.251 e. The number of halogens is 2. The van der Waals surface area contributed by atoms with E-state index in [1.165, 1.54) is 5.01 Å². The number of para-hydroxylation sites is 1. The fraction of sp³-hybridized carbons (Fsp3) is 0.167. The first-order valence-corrected chi connectivity index (χ1v) is 11.3. The zero-order chi connectivity index (χ0) is 20.7. The van der Waals surface area contributed by atoms with E-state index in [0.29, 0.717) is 5.69 Å². The molecule has 148 valence electrons. The number of alkyl halides is 2. The Kier molecular flexibility index (Phi) is 3.70. The number of rotatable bonds is 1. The van der Waals surface area contributed by atoms with Gasteiger partial charge in [-0.1, -0.05) is 98.6 Å². The molecular formula is C24H16Br2N2O2. The highest BCUT2D eigenvalue weighted by Gasteiger charge is 2.70. The van der Waals surface area contributed by atoms with Crippen molar-refractivity contribution in [2.24, 2.45) is 11.8 Å². The van der Waals surface area contributed by atoms with Crippen LogP contribution in [0.2, 0.25) is 0 Å². The molecule has 0 aromatic heterocycles. The molecule has 0 radical (unpaired) electrons. The van der Waals surface area contributed by atoms with Crippen LogP contribution in [-0.4, -0.2) is 11.8 Å². The Bertz CT molecular complexity index is 1180. The number of hydrogen-bond donors (Lipinski definition) is 1. The standard InChI is InChI=1S/C24H16Br2N2O2/c25-23-15-10-4-6-12-17(15)24(26,18-13-7-5-11-16(18)23)20-19(23)21(29)27-28(22(20)30)14-8-2-1-3-9-14/h1-13,19-20H,(H,27,29). The van der Waals surface area contributed by atoms with Crippen LogP contribution < -0.4 is 10.4 Å². The third-order valence-corrected chi connectivity index (χ3v) is 9.31. The molecule has 3 aromatic rings. The Morgan fingerprint density at radius 2 is 1.10 bits per heavy atom. The average Bonchev–Trinajstić information content (AvgIpc) is 2.79. The fourth-order valence-electron chi connectivity index (χ4n) is 5.44. The molecule has 2 amide bonds. The molecule has 4 aliphatic rings. The largest absolute Gasteiger partial charge is 0.273 e. The molecule has 3 aliphatic carbocycles. The Balaban J connectivity index is 1.66. The predicted octanol–water partition coefficient (Wildman–Crippen LogP) is 4.60. The number of carbonyl (C=O) groups is 2. The molecule has 3 aromatic carbocycles. The molecule has 6 heteroatoms. The van der Waals surface area contributed by atoms with Crippen LogP contribution in [0.5, 0.6) is 0 Å². The second-order valence-corrected chi connectivity index (χ2v) is 10.5. The lowest BCUT2D eigenvalue weighted by Crippen LogP contribution is -2.70. The molecular weight excluding hydrogens is 508 g/mol. The summed E-state index contributed by atoms with van der Waals surface area (Å²) in [5.74, 6) is -1.49. The van der Waals surface area contributed by atoms with Crippen molar-refractivity contribution in [2.45, 2.75) is 8.65 Å². The van der Waals surface area contributed by atoms with Gasteiger partial charge >= 0.3 is 0 Å². The highest BCUT2D eigenvalue weighted by Crippen LogP contribution is 2.69. The maximum absolute atomic E-state index is 13.9. The molecule has 2 atom stereocenters. The molecule has 1 saturated heterocycles. The third-order valence-electron chi connectivity index (χ3n) is 6.62. The van der Waals surface area contributed by atoms with Gasteiger partial charge in [0.15, 0.2) is 0 Å². The molecule has 1 aliphatic heterocycles. The van der Waals surface area contributed by atoms with Gasteiger partial charge in [0.1, 0.15) is 0 Å². The summed E-state index contributed by atoms with van der Waals surface area (Å²) in [6.45, 7) is 0. The van der Waals surface area contributed by atoms with E-state index in [1.54, 1.807) is 0 Å². The van der Waals surface area contributed by atoms with E-state index in [9.17, 15) is 9.59 Å². The van der Waals surface area contributed by atoms with Crippen LogP contribution in [0.25, 0.3) is 0 Å². The number of nitrogens with one attached hydrogen (secondary N) is 1. The highest BCUT2D eigenvalue weighted by atomic mass is 79.9. The van der Waals surface area contributed by atoms with Crippen LogP contribution in [0.15, 0.2) is 78.9 Å². The van der Waals surface area contributed by atoms with Gasteiger partial charge in [0, 0.05) is 0 Å². The van der Waals surface area contributed by atoms with Crippen molar-refractivity contribution >= 4 is 49.4 Å². The number of carbonyl (C=O) groups excluding carboxylic acids is 2. The average molecular weight is 524 g/mol. The first-order chi connectivity index (χ1) is 14.5. The summed E-state index contributed by atoms with van der Waals surface area (Å²) < 4.78 is -1.56. The Morgan fingerprint density at radius 3 is 1.60 bits per heavy atom. The second kappa shape index (κ2) is 6.05. The quantitative estimate of drug-likeness (QED) is 0.474. The summed E-state index contributed by atoms with van der Waals surface area (Å²) in [6.07, 6.45) is 0. The topological polar surface area (TPSA) is 49.4 Å². The maximum atomic E-state index is 13.9. The van der Waals surface area contributed by atoms with E-state index in [1.807, 2.05) is 66.7 Å². The lowest BCUT2D eigenvalue weighted by molar-refractivity contribution is -0.143. The highest BCUT2D eigenvalue weighted by molar-refractivity contribution is 9.10. The fourth-order valence-corrected chi connectivity index (χ4v) is 7.76. The molecule has 2 bridgehead atoms. The van der Waals surface area contributed by atoms with E-state index < -0.39 is 20.5 Å². The van der Waals surface area contributed by atoms with Crippen LogP contribution >= 0.6 is 31.9 Å². The van der Waals surface area contributed by atoms with Crippen LogP contribution in [0, 0.1) is 11.8 Å². The van der Waals surface area contributed by atoms with Crippen LogP contribution in [0.3, 0.4) is 0 Å². The van der Waals surface area contributed by atoms with Gasteiger partial charge in [0.2, 0.25) is 5.91 Å². The summed E-state index contributed by atoms with van der Waals surface area (Å²) in [6, 6.07) is 25.4. The van der Waals surface area contributed by atoms with Crippen LogP contribution in [-0.2, 0) is 18.2 Å². The number of nitrogens with zero attached hydrogens (tertiary/aromatic N) is 1. The van der Waals surface area contributed by atoms with Crippen LogP contribution in [0.1, 0.15) is 22.3 Å². The number of hydrogen-bond acceptors (Lipinski definition) is 2. The van der Waals surface area contributed by atoms with Gasteiger partial charge < -0.3 is 0 Å². The van der Waals surface area contributed by atoms with E-state index in [4.69, 9.17) is 0 Å². The van der Waals surface area contributed by atoms with Crippen molar-refractivity contribution in [3.05, 3.63) is 101 Å². The minimum Gasteiger partial charge on any atom is -0.273 e. The normalized spacial score (nSPS) is 30.9. The SMILES string of the molecule is O=C1NN(c2ccccc2)C(=O)C2C1C1(Br)c3ccccc3C2(Br)c2ccccc21. The molecule has 7 rings (SSSR count). The molecule has 1 fully saturated rings. The number of benzene rings is 3. The number of hydrazine groups is 1. The molecule has 1 heterocycles. The van der Waals surface area contributed by atoms with Gasteiger partial charge in [-0.25, -0.2) is 5.01 Å². The van der Waals surface area contributed by atoms with E-state index in [-0.39, 0.29) is 11.8 Å². The number of amides is 2. The minimum atomic E-state index is -0.789. The van der Waals surface area contributed by atoms with Gasteiger partial charge in [0.25, 0.3) is 5.91 Å². The Hall–Kier alpha value is -2.44. The summed E-state index contributed by atoms with van der Waals surface area (Å²) >= 11 is 8.00. The molecule has 0 saturated carbocycles. The second-order valence-electron chi connectivity index (χ2n) is 7.96. The predicted molar refractivity (Wildman–Crippen MR) is 121 cm³/mol. The first kappa shape index (κ1) is 18.3. The van der Waals surface area contributed by atoms with E-state index >= 15 is 0 Å².